The monoisotopic (exact) mass is 313 g/mol. The van der Waals surface area contributed by atoms with Gasteiger partial charge in [-0.3, -0.25) is 9.58 Å². The minimum Gasteiger partial charge on any atom is -0.313 e. The van der Waals surface area contributed by atoms with Crippen LogP contribution in [0.2, 0.25) is 0 Å². The van der Waals surface area contributed by atoms with Crippen molar-refractivity contribution in [3.8, 4) is 0 Å². The summed E-state index contributed by atoms with van der Waals surface area (Å²) in [5.41, 5.74) is 1.41. The lowest BCUT2D eigenvalue weighted by molar-refractivity contribution is 0.319. The van der Waals surface area contributed by atoms with Crippen LogP contribution < -0.4 is 5.32 Å². The van der Waals surface area contributed by atoms with Crippen LogP contribution in [0, 0.1) is 13.8 Å². The first kappa shape index (κ1) is 16.1. The van der Waals surface area contributed by atoms with Crippen LogP contribution in [-0.2, 0) is 13.1 Å². The lowest BCUT2D eigenvalue weighted by Gasteiger charge is -2.16. The molecule has 2 heterocycles. The van der Waals surface area contributed by atoms with Crippen molar-refractivity contribution < 1.29 is 0 Å². The molecule has 1 atom stereocenters. The zero-order valence-corrected chi connectivity index (χ0v) is 14.2. The van der Waals surface area contributed by atoms with Crippen LogP contribution in [0.4, 0.5) is 0 Å². The fourth-order valence-electron chi connectivity index (χ4n) is 3.29. The Labute approximate surface area is 138 Å². The van der Waals surface area contributed by atoms with Gasteiger partial charge in [-0.05, 0) is 38.8 Å². The normalized spacial score (nSPS) is 18.6. The molecule has 1 aromatic carbocycles. The summed E-state index contributed by atoms with van der Waals surface area (Å²) < 4.78 is 2.01. The molecule has 1 aliphatic rings. The van der Waals surface area contributed by atoms with Crippen molar-refractivity contribution in [2.75, 3.05) is 19.6 Å². The Hall–Kier alpha value is -1.72. The van der Waals surface area contributed by atoms with Gasteiger partial charge in [0.25, 0.3) is 0 Å². The third-order valence-corrected chi connectivity index (χ3v) is 4.46. The van der Waals surface area contributed by atoms with Crippen LogP contribution in [0.25, 0.3) is 0 Å². The van der Waals surface area contributed by atoms with Crippen molar-refractivity contribution in [1.82, 2.24) is 25.0 Å². The van der Waals surface area contributed by atoms with E-state index in [1.165, 1.54) is 18.5 Å². The van der Waals surface area contributed by atoms with Gasteiger partial charge in [-0.15, -0.1) is 0 Å². The Morgan fingerprint density at radius 3 is 2.78 bits per heavy atom. The van der Waals surface area contributed by atoms with Gasteiger partial charge in [0, 0.05) is 32.2 Å². The topological polar surface area (TPSA) is 46.0 Å². The summed E-state index contributed by atoms with van der Waals surface area (Å²) >= 11 is 0. The number of benzene rings is 1. The molecule has 23 heavy (non-hydrogen) atoms. The molecule has 5 nitrogen and oxygen atoms in total. The van der Waals surface area contributed by atoms with E-state index in [0.29, 0.717) is 6.04 Å². The van der Waals surface area contributed by atoms with E-state index in [1.54, 1.807) is 0 Å². The van der Waals surface area contributed by atoms with Crippen LogP contribution in [0.3, 0.4) is 0 Å². The van der Waals surface area contributed by atoms with Crippen molar-refractivity contribution in [2.24, 2.45) is 0 Å². The number of likely N-dealkylation sites (tertiary alicyclic amines) is 1. The van der Waals surface area contributed by atoms with Gasteiger partial charge in [-0.2, -0.15) is 5.10 Å². The van der Waals surface area contributed by atoms with Gasteiger partial charge in [0.1, 0.15) is 11.6 Å². The molecule has 1 aromatic heterocycles. The maximum atomic E-state index is 4.41. The summed E-state index contributed by atoms with van der Waals surface area (Å²) in [5, 5.41) is 8.10. The first-order valence-electron chi connectivity index (χ1n) is 8.58. The first-order chi connectivity index (χ1) is 11.2. The molecule has 5 heteroatoms. The predicted molar refractivity (Wildman–Crippen MR) is 92.2 cm³/mol. The highest BCUT2D eigenvalue weighted by molar-refractivity contribution is 5.14. The lowest BCUT2D eigenvalue weighted by atomic mass is 10.2. The largest absolute Gasteiger partial charge is 0.313 e. The number of hydrogen-bond acceptors (Lipinski definition) is 4. The highest BCUT2D eigenvalue weighted by Crippen LogP contribution is 2.13. The standard InChI is InChI=1S/C18H27N5/c1-15-20-16(2)23(21-15)11-6-10-19-18-9-12-22(14-18)13-17-7-4-3-5-8-17/h3-5,7-8,18-19H,6,9-14H2,1-2H3/t18-/m0/s1. The molecule has 1 fully saturated rings. The van der Waals surface area contributed by atoms with Crippen LogP contribution >= 0.6 is 0 Å². The number of nitrogens with zero attached hydrogens (tertiary/aromatic N) is 4. The Balaban J connectivity index is 1.35. The van der Waals surface area contributed by atoms with Gasteiger partial charge in [0.05, 0.1) is 0 Å². The number of hydrogen-bond donors (Lipinski definition) is 1. The fraction of sp³-hybridized carbons (Fsp3) is 0.556. The maximum Gasteiger partial charge on any atom is 0.147 e. The third kappa shape index (κ3) is 4.62. The molecule has 3 rings (SSSR count). The fourth-order valence-corrected chi connectivity index (χ4v) is 3.29. The molecule has 0 unspecified atom stereocenters. The van der Waals surface area contributed by atoms with E-state index in [0.717, 1.165) is 44.2 Å². The van der Waals surface area contributed by atoms with Crippen LogP contribution in [0.5, 0.6) is 0 Å². The van der Waals surface area contributed by atoms with E-state index >= 15 is 0 Å². The van der Waals surface area contributed by atoms with E-state index in [-0.39, 0.29) is 0 Å². The molecule has 1 aliphatic heterocycles. The van der Waals surface area contributed by atoms with Crippen LogP contribution in [0.15, 0.2) is 30.3 Å². The van der Waals surface area contributed by atoms with E-state index in [4.69, 9.17) is 0 Å². The van der Waals surface area contributed by atoms with Crippen LogP contribution in [-0.4, -0.2) is 45.3 Å². The molecule has 0 spiro atoms. The Kier molecular flexibility index (Phi) is 5.41. The number of rotatable bonds is 7. The molecule has 0 saturated carbocycles. The van der Waals surface area contributed by atoms with Gasteiger partial charge >= 0.3 is 0 Å². The Bertz CT molecular complexity index is 607. The van der Waals surface area contributed by atoms with Crippen molar-refractivity contribution >= 4 is 0 Å². The van der Waals surface area contributed by atoms with Crippen LogP contribution in [0.1, 0.15) is 30.1 Å². The summed E-state index contributed by atoms with van der Waals surface area (Å²) in [5.74, 6) is 1.88. The Morgan fingerprint density at radius 2 is 2.04 bits per heavy atom. The first-order valence-corrected chi connectivity index (χ1v) is 8.58. The summed E-state index contributed by atoms with van der Waals surface area (Å²) in [7, 11) is 0. The van der Waals surface area contributed by atoms with E-state index in [2.05, 4.69) is 50.6 Å². The van der Waals surface area contributed by atoms with Crippen molar-refractivity contribution in [3.05, 3.63) is 47.5 Å². The summed E-state index contributed by atoms with van der Waals surface area (Å²) in [6.07, 6.45) is 2.34. The van der Waals surface area contributed by atoms with E-state index in [9.17, 15) is 0 Å². The predicted octanol–water partition coefficient (Wildman–Crippen LogP) is 2.15. The summed E-state index contributed by atoms with van der Waals surface area (Å²) in [6.45, 7) is 9.36. The van der Waals surface area contributed by atoms with Gasteiger partial charge in [0.15, 0.2) is 0 Å². The quantitative estimate of drug-likeness (QED) is 0.796. The zero-order valence-electron chi connectivity index (χ0n) is 14.2. The minimum atomic E-state index is 0.622. The number of aromatic nitrogens is 3. The van der Waals surface area contributed by atoms with Gasteiger partial charge < -0.3 is 5.32 Å². The van der Waals surface area contributed by atoms with Crippen molar-refractivity contribution in [3.63, 3.8) is 0 Å². The minimum absolute atomic E-state index is 0.622. The second-order valence-corrected chi connectivity index (χ2v) is 6.44. The smallest absolute Gasteiger partial charge is 0.147 e. The third-order valence-electron chi connectivity index (χ3n) is 4.46. The summed E-state index contributed by atoms with van der Waals surface area (Å²) in [4.78, 5) is 6.88. The lowest BCUT2D eigenvalue weighted by Crippen LogP contribution is -2.33. The molecule has 0 aliphatic carbocycles. The molecule has 0 amide bonds. The summed E-state index contributed by atoms with van der Waals surface area (Å²) in [6, 6.07) is 11.4. The molecule has 1 saturated heterocycles. The molecule has 124 valence electrons. The second kappa shape index (κ2) is 7.70. The molecular formula is C18H27N5. The zero-order chi connectivity index (χ0) is 16.1. The van der Waals surface area contributed by atoms with E-state index in [1.807, 2.05) is 18.5 Å². The molecular weight excluding hydrogens is 286 g/mol. The van der Waals surface area contributed by atoms with Gasteiger partial charge in [-0.1, -0.05) is 30.3 Å². The average molecular weight is 313 g/mol. The second-order valence-electron chi connectivity index (χ2n) is 6.44. The molecule has 0 bridgehead atoms. The maximum absolute atomic E-state index is 4.41. The highest BCUT2D eigenvalue weighted by Gasteiger charge is 2.21. The van der Waals surface area contributed by atoms with E-state index < -0.39 is 0 Å². The number of nitrogens with one attached hydrogen (secondary N) is 1. The SMILES string of the molecule is Cc1nc(C)n(CCCN[C@H]2CCN(Cc3ccccc3)C2)n1. The number of aryl methyl sites for hydroxylation is 3. The van der Waals surface area contributed by atoms with Gasteiger partial charge in [0.2, 0.25) is 0 Å². The highest BCUT2D eigenvalue weighted by atomic mass is 15.3. The molecule has 2 aromatic rings. The molecule has 1 N–H and O–H groups in total. The van der Waals surface area contributed by atoms with Crippen molar-refractivity contribution in [1.29, 1.82) is 0 Å². The van der Waals surface area contributed by atoms with Gasteiger partial charge in [-0.25, -0.2) is 4.98 Å². The van der Waals surface area contributed by atoms with Crippen molar-refractivity contribution in [2.45, 2.75) is 45.8 Å². The molecule has 0 radical (unpaired) electrons. The average Bonchev–Trinajstić information content (AvgIpc) is 3.11. The Morgan fingerprint density at radius 1 is 1.22 bits per heavy atom.